The highest BCUT2D eigenvalue weighted by Crippen LogP contribution is 2.34. The molecular formula is C32H38N4O. The molecule has 4 aromatic rings. The standard InChI is InChI=1S/C32H38N4O/c1-35(2)31(27-15-7-5-8-16-27,23-29-19-11-13-21-33-29)25-37-26-32(36(3)4,28-17-9-6-10-18-28)24-30-20-12-14-22-34-30/h5-22H,23-26H2,1-4H3. The van der Waals surface area contributed by atoms with Crippen LogP contribution in [0.4, 0.5) is 0 Å². The molecule has 37 heavy (non-hydrogen) atoms. The Balaban J connectivity index is 1.69. The number of benzene rings is 2. The third-order valence-electron chi connectivity index (χ3n) is 7.42. The van der Waals surface area contributed by atoms with E-state index in [0.717, 1.165) is 24.2 Å². The molecule has 0 aliphatic rings. The van der Waals surface area contributed by atoms with Crippen LogP contribution in [0.25, 0.3) is 0 Å². The van der Waals surface area contributed by atoms with Crippen molar-refractivity contribution in [3.8, 4) is 0 Å². The van der Waals surface area contributed by atoms with Crippen molar-refractivity contribution in [3.63, 3.8) is 0 Å². The van der Waals surface area contributed by atoms with Gasteiger partial charge in [-0.2, -0.15) is 0 Å². The summed E-state index contributed by atoms with van der Waals surface area (Å²) in [6.07, 6.45) is 5.21. The lowest BCUT2D eigenvalue weighted by Crippen LogP contribution is -2.51. The van der Waals surface area contributed by atoms with E-state index in [9.17, 15) is 0 Å². The molecule has 0 fully saturated rings. The van der Waals surface area contributed by atoms with Crippen molar-refractivity contribution in [1.29, 1.82) is 0 Å². The van der Waals surface area contributed by atoms with E-state index in [4.69, 9.17) is 4.74 Å². The summed E-state index contributed by atoms with van der Waals surface area (Å²) in [5, 5.41) is 0. The van der Waals surface area contributed by atoms with Crippen LogP contribution in [0.15, 0.2) is 109 Å². The largest absolute Gasteiger partial charge is 0.377 e. The molecule has 0 aliphatic carbocycles. The minimum Gasteiger partial charge on any atom is -0.377 e. The Kier molecular flexibility index (Phi) is 8.82. The summed E-state index contributed by atoms with van der Waals surface area (Å²) in [7, 11) is 8.51. The van der Waals surface area contributed by atoms with E-state index in [1.165, 1.54) is 11.1 Å². The zero-order valence-electron chi connectivity index (χ0n) is 22.4. The van der Waals surface area contributed by atoms with Crippen LogP contribution in [-0.4, -0.2) is 61.2 Å². The van der Waals surface area contributed by atoms with E-state index in [0.29, 0.717) is 13.2 Å². The molecule has 0 N–H and O–H groups in total. The number of hydrogen-bond donors (Lipinski definition) is 0. The molecule has 4 rings (SSSR count). The van der Waals surface area contributed by atoms with Crippen LogP contribution in [0.1, 0.15) is 22.5 Å². The highest BCUT2D eigenvalue weighted by atomic mass is 16.5. The predicted molar refractivity (Wildman–Crippen MR) is 150 cm³/mol. The Morgan fingerprint density at radius 2 is 0.919 bits per heavy atom. The summed E-state index contributed by atoms with van der Waals surface area (Å²) >= 11 is 0. The molecule has 2 heterocycles. The van der Waals surface area contributed by atoms with Crippen LogP contribution in [0.2, 0.25) is 0 Å². The fourth-order valence-electron chi connectivity index (χ4n) is 5.05. The molecule has 5 nitrogen and oxygen atoms in total. The number of nitrogens with zero attached hydrogens (tertiary/aromatic N) is 4. The van der Waals surface area contributed by atoms with Crippen LogP contribution in [-0.2, 0) is 28.7 Å². The van der Waals surface area contributed by atoms with Crippen molar-refractivity contribution < 1.29 is 4.74 Å². The van der Waals surface area contributed by atoms with Crippen molar-refractivity contribution in [2.24, 2.45) is 0 Å². The van der Waals surface area contributed by atoms with Gasteiger partial charge in [-0.1, -0.05) is 72.8 Å². The quantitative estimate of drug-likeness (QED) is 0.271. The summed E-state index contributed by atoms with van der Waals surface area (Å²) in [6.45, 7) is 1.04. The molecule has 192 valence electrons. The molecule has 0 amide bonds. The normalized spacial score (nSPS) is 14.9. The van der Waals surface area contributed by atoms with Gasteiger partial charge in [0.2, 0.25) is 0 Å². The molecule has 0 spiro atoms. The number of ether oxygens (including phenoxy) is 1. The van der Waals surface area contributed by atoms with Gasteiger partial charge in [-0.25, -0.2) is 0 Å². The molecule has 5 heteroatoms. The SMILES string of the molecule is CN(C)C(COCC(Cc1ccccn1)(c1ccccc1)N(C)C)(Cc1ccccn1)c1ccccc1. The summed E-state index contributed by atoms with van der Waals surface area (Å²) < 4.78 is 6.80. The number of aromatic nitrogens is 2. The average molecular weight is 495 g/mol. The van der Waals surface area contributed by atoms with E-state index >= 15 is 0 Å². The molecule has 2 aromatic heterocycles. The second-order valence-electron chi connectivity index (χ2n) is 10.1. The Bertz CT molecular complexity index is 1110. The van der Waals surface area contributed by atoms with Crippen molar-refractivity contribution >= 4 is 0 Å². The number of pyridine rings is 2. The van der Waals surface area contributed by atoms with E-state index in [1.807, 2.05) is 36.7 Å². The second-order valence-corrected chi connectivity index (χ2v) is 10.1. The molecule has 0 saturated carbocycles. The molecule has 0 bridgehead atoms. The summed E-state index contributed by atoms with van der Waals surface area (Å²) in [6, 6.07) is 33.5. The topological polar surface area (TPSA) is 41.5 Å². The maximum atomic E-state index is 6.80. The van der Waals surface area contributed by atoms with Crippen LogP contribution in [0.3, 0.4) is 0 Å². The number of likely N-dealkylation sites (N-methyl/N-ethyl adjacent to an activating group) is 2. The molecular weight excluding hydrogens is 456 g/mol. The number of hydrogen-bond acceptors (Lipinski definition) is 5. The first kappa shape index (κ1) is 26.7. The van der Waals surface area contributed by atoms with E-state index < -0.39 is 0 Å². The first-order chi connectivity index (χ1) is 18.0. The van der Waals surface area contributed by atoms with Gasteiger partial charge in [-0.05, 0) is 63.6 Å². The van der Waals surface area contributed by atoms with Gasteiger partial charge in [0.25, 0.3) is 0 Å². The second kappa shape index (κ2) is 12.2. The minimum atomic E-state index is -0.380. The Morgan fingerprint density at radius 3 is 1.24 bits per heavy atom. The van der Waals surface area contributed by atoms with Crippen LogP contribution < -0.4 is 0 Å². The lowest BCUT2D eigenvalue weighted by atomic mass is 9.83. The molecule has 0 aliphatic heterocycles. The Morgan fingerprint density at radius 1 is 0.541 bits per heavy atom. The summed E-state index contributed by atoms with van der Waals surface area (Å²) in [5.41, 5.74) is 3.75. The van der Waals surface area contributed by atoms with Crippen LogP contribution in [0, 0.1) is 0 Å². The first-order valence-corrected chi connectivity index (χ1v) is 12.8. The monoisotopic (exact) mass is 494 g/mol. The maximum Gasteiger partial charge on any atom is 0.0747 e. The van der Waals surface area contributed by atoms with Gasteiger partial charge >= 0.3 is 0 Å². The fraction of sp³-hybridized carbons (Fsp3) is 0.312. The van der Waals surface area contributed by atoms with Crippen molar-refractivity contribution in [2.45, 2.75) is 23.9 Å². The van der Waals surface area contributed by atoms with Crippen LogP contribution in [0.5, 0.6) is 0 Å². The van der Waals surface area contributed by atoms with Crippen LogP contribution >= 0.6 is 0 Å². The fourth-order valence-corrected chi connectivity index (χ4v) is 5.05. The van der Waals surface area contributed by atoms with Crippen molar-refractivity contribution in [1.82, 2.24) is 19.8 Å². The first-order valence-electron chi connectivity index (χ1n) is 12.8. The van der Waals surface area contributed by atoms with Gasteiger partial charge in [-0.3, -0.25) is 19.8 Å². The van der Waals surface area contributed by atoms with Gasteiger partial charge in [0.05, 0.1) is 24.3 Å². The smallest absolute Gasteiger partial charge is 0.0747 e. The zero-order chi connectivity index (χ0) is 26.1. The highest BCUT2D eigenvalue weighted by Gasteiger charge is 2.40. The van der Waals surface area contributed by atoms with Gasteiger partial charge in [-0.15, -0.1) is 0 Å². The van der Waals surface area contributed by atoms with E-state index in [1.54, 1.807) is 0 Å². The molecule has 0 saturated heterocycles. The lowest BCUT2D eigenvalue weighted by Gasteiger charge is -2.44. The molecule has 2 unspecified atom stereocenters. The van der Waals surface area contributed by atoms with Crippen molar-refractivity contribution in [2.75, 3.05) is 41.4 Å². The average Bonchev–Trinajstić information content (AvgIpc) is 2.93. The Hall–Kier alpha value is -3.38. The van der Waals surface area contributed by atoms with Crippen molar-refractivity contribution in [3.05, 3.63) is 132 Å². The minimum absolute atomic E-state index is 0.380. The summed E-state index contributed by atoms with van der Waals surface area (Å²) in [4.78, 5) is 13.9. The number of rotatable bonds is 12. The Labute approximate surface area is 221 Å². The predicted octanol–water partition coefficient (Wildman–Crippen LogP) is 5.19. The van der Waals surface area contributed by atoms with Gasteiger partial charge < -0.3 is 4.74 Å². The zero-order valence-corrected chi connectivity index (χ0v) is 22.4. The lowest BCUT2D eigenvalue weighted by molar-refractivity contribution is -0.0397. The van der Waals surface area contributed by atoms with E-state index in [-0.39, 0.29) is 11.1 Å². The summed E-state index contributed by atoms with van der Waals surface area (Å²) in [5.74, 6) is 0. The third kappa shape index (κ3) is 6.13. The highest BCUT2D eigenvalue weighted by molar-refractivity contribution is 5.29. The van der Waals surface area contributed by atoms with Gasteiger partial charge in [0, 0.05) is 36.6 Å². The molecule has 2 aromatic carbocycles. The van der Waals surface area contributed by atoms with Gasteiger partial charge in [0.15, 0.2) is 0 Å². The van der Waals surface area contributed by atoms with E-state index in [2.05, 4.69) is 121 Å². The molecule has 2 atom stereocenters. The maximum absolute atomic E-state index is 6.80. The van der Waals surface area contributed by atoms with Gasteiger partial charge in [0.1, 0.15) is 0 Å². The third-order valence-corrected chi connectivity index (χ3v) is 7.42. The molecule has 0 radical (unpaired) electrons.